The topological polar surface area (TPSA) is 41.4 Å². The average Bonchev–Trinajstić information content (AvgIpc) is 3.06. The zero-order chi connectivity index (χ0) is 17.9. The van der Waals surface area contributed by atoms with Gasteiger partial charge in [0.1, 0.15) is 0 Å². The van der Waals surface area contributed by atoms with E-state index in [1.54, 1.807) is 6.20 Å². The van der Waals surface area contributed by atoms with Gasteiger partial charge >= 0.3 is 0 Å². The van der Waals surface area contributed by atoms with E-state index in [9.17, 15) is 4.79 Å². The smallest absolute Gasteiger partial charge is 0.257 e. The van der Waals surface area contributed by atoms with Crippen LogP contribution in [0.3, 0.4) is 0 Å². The number of anilines is 1. The Kier molecular flexibility index (Phi) is 4.44. The molecule has 0 aliphatic carbocycles. The van der Waals surface area contributed by atoms with Crippen LogP contribution >= 0.6 is 0 Å². The highest BCUT2D eigenvalue weighted by molar-refractivity contribution is 5.94. The van der Waals surface area contributed by atoms with Gasteiger partial charge in [0.15, 0.2) is 0 Å². The first kappa shape index (κ1) is 16.4. The molecule has 0 saturated heterocycles. The van der Waals surface area contributed by atoms with Crippen LogP contribution in [0, 0.1) is 0 Å². The Bertz CT molecular complexity index is 903. The summed E-state index contributed by atoms with van der Waals surface area (Å²) in [6.07, 6.45) is 3.52. The summed E-state index contributed by atoms with van der Waals surface area (Å²) in [5.41, 5.74) is 4.18. The molecule has 0 bridgehead atoms. The van der Waals surface area contributed by atoms with Gasteiger partial charge in [-0.15, -0.1) is 0 Å². The highest BCUT2D eigenvalue weighted by atomic mass is 16.2. The van der Waals surface area contributed by atoms with E-state index < -0.39 is 0 Å². The third-order valence-electron chi connectivity index (χ3n) is 4.82. The van der Waals surface area contributed by atoms with E-state index in [0.29, 0.717) is 25.2 Å². The zero-order valence-electron chi connectivity index (χ0n) is 14.9. The van der Waals surface area contributed by atoms with Crippen LogP contribution in [-0.4, -0.2) is 40.7 Å². The monoisotopic (exact) mass is 346 g/mol. The lowest BCUT2D eigenvalue weighted by Gasteiger charge is -2.20. The molecule has 2 aromatic carbocycles. The number of carbonyl (C=O) groups excluding carboxylic acids is 1. The summed E-state index contributed by atoms with van der Waals surface area (Å²) in [6, 6.07) is 18.4. The highest BCUT2D eigenvalue weighted by Gasteiger charge is 2.23. The molecule has 0 saturated carbocycles. The first-order valence-electron chi connectivity index (χ1n) is 8.85. The number of nitrogens with zero attached hydrogens (tertiary/aromatic N) is 4. The van der Waals surface area contributed by atoms with E-state index in [4.69, 9.17) is 0 Å². The fourth-order valence-corrected chi connectivity index (χ4v) is 3.38. The van der Waals surface area contributed by atoms with Gasteiger partial charge in [-0.05, 0) is 17.2 Å². The maximum atomic E-state index is 13.0. The van der Waals surface area contributed by atoms with Crippen molar-refractivity contribution >= 4 is 11.6 Å². The number of benzene rings is 2. The lowest BCUT2D eigenvalue weighted by molar-refractivity contribution is 0.0751. The van der Waals surface area contributed by atoms with Gasteiger partial charge < -0.3 is 9.80 Å². The van der Waals surface area contributed by atoms with Crippen LogP contribution in [0.4, 0.5) is 5.69 Å². The van der Waals surface area contributed by atoms with Crippen LogP contribution in [0.5, 0.6) is 0 Å². The van der Waals surface area contributed by atoms with E-state index >= 15 is 0 Å². The van der Waals surface area contributed by atoms with Crippen molar-refractivity contribution in [3.63, 3.8) is 0 Å². The second-order valence-electron chi connectivity index (χ2n) is 6.69. The van der Waals surface area contributed by atoms with E-state index in [-0.39, 0.29) is 5.91 Å². The number of rotatable bonds is 3. The fourth-order valence-electron chi connectivity index (χ4n) is 3.38. The third kappa shape index (κ3) is 3.33. The predicted octanol–water partition coefficient (Wildman–Crippen LogP) is 3.02. The third-order valence-corrected chi connectivity index (χ3v) is 4.82. The molecule has 0 radical (unpaired) electrons. The van der Waals surface area contributed by atoms with Gasteiger partial charge in [-0.25, -0.2) is 0 Å². The van der Waals surface area contributed by atoms with Crippen LogP contribution in [0.2, 0.25) is 0 Å². The molecule has 2 heterocycles. The molecule has 0 N–H and O–H groups in total. The van der Waals surface area contributed by atoms with Gasteiger partial charge in [0.25, 0.3) is 5.91 Å². The number of hydrogen-bond acceptors (Lipinski definition) is 3. The Morgan fingerprint density at radius 3 is 2.65 bits per heavy atom. The first-order valence-corrected chi connectivity index (χ1v) is 8.85. The summed E-state index contributed by atoms with van der Waals surface area (Å²) in [7, 11) is 2.07. The van der Waals surface area contributed by atoms with Crippen molar-refractivity contribution < 1.29 is 4.79 Å². The molecular formula is C21H22N4O. The molecule has 3 aromatic rings. The minimum Gasteiger partial charge on any atom is -0.373 e. The van der Waals surface area contributed by atoms with Crippen LogP contribution in [0.1, 0.15) is 21.5 Å². The average molecular weight is 346 g/mol. The molecule has 1 aromatic heterocycles. The zero-order valence-corrected chi connectivity index (χ0v) is 14.9. The van der Waals surface area contributed by atoms with Crippen LogP contribution in [-0.2, 0) is 13.1 Å². The number of likely N-dealkylation sites (N-methyl/N-ethyl adjacent to an activating group) is 1. The largest absolute Gasteiger partial charge is 0.373 e. The molecule has 132 valence electrons. The summed E-state index contributed by atoms with van der Waals surface area (Å²) in [5, 5.41) is 4.37. The molecule has 0 spiro atoms. The first-order chi connectivity index (χ1) is 12.7. The van der Waals surface area contributed by atoms with Gasteiger partial charge in [0.2, 0.25) is 0 Å². The van der Waals surface area contributed by atoms with Crippen molar-refractivity contribution in [3.05, 3.63) is 83.7 Å². The highest BCUT2D eigenvalue weighted by Crippen LogP contribution is 2.24. The predicted molar refractivity (Wildman–Crippen MR) is 102 cm³/mol. The van der Waals surface area contributed by atoms with Crippen LogP contribution in [0.25, 0.3) is 0 Å². The number of amides is 1. The maximum Gasteiger partial charge on any atom is 0.257 e. The van der Waals surface area contributed by atoms with Crippen molar-refractivity contribution in [2.45, 2.75) is 13.1 Å². The Morgan fingerprint density at radius 1 is 1.04 bits per heavy atom. The molecule has 4 rings (SSSR count). The molecule has 0 unspecified atom stereocenters. The summed E-state index contributed by atoms with van der Waals surface area (Å²) in [4.78, 5) is 17.1. The summed E-state index contributed by atoms with van der Waals surface area (Å²) < 4.78 is 1.82. The van der Waals surface area contributed by atoms with E-state index in [1.807, 2.05) is 46.1 Å². The maximum absolute atomic E-state index is 13.0. The number of para-hydroxylation sites is 1. The molecule has 1 aliphatic rings. The van der Waals surface area contributed by atoms with Gasteiger partial charge in [0, 0.05) is 38.6 Å². The Hall–Kier alpha value is -3.08. The molecule has 0 atom stereocenters. The Labute approximate surface area is 153 Å². The number of fused-ring (bicyclic) bond motifs is 1. The van der Waals surface area contributed by atoms with Gasteiger partial charge in [-0.2, -0.15) is 5.10 Å². The van der Waals surface area contributed by atoms with Gasteiger partial charge in [0.05, 0.1) is 18.3 Å². The van der Waals surface area contributed by atoms with Crippen LogP contribution < -0.4 is 4.90 Å². The second kappa shape index (κ2) is 7.04. The van der Waals surface area contributed by atoms with Crippen LogP contribution in [0.15, 0.2) is 67.0 Å². The summed E-state index contributed by atoms with van der Waals surface area (Å²) in [5.74, 6) is 0.0365. The van der Waals surface area contributed by atoms with Crippen molar-refractivity contribution in [1.82, 2.24) is 14.7 Å². The Morgan fingerprint density at radius 2 is 1.81 bits per heavy atom. The van der Waals surface area contributed by atoms with Gasteiger partial charge in [-0.3, -0.25) is 9.48 Å². The summed E-state index contributed by atoms with van der Waals surface area (Å²) >= 11 is 0. The molecule has 5 heteroatoms. The SMILES string of the molecule is CN1CCN(C(=O)c2cnn(Cc3ccccc3)c2)Cc2ccccc21. The fraction of sp³-hybridized carbons (Fsp3) is 0.238. The normalized spacial score (nSPS) is 14.0. The lowest BCUT2D eigenvalue weighted by atomic mass is 10.1. The molecule has 26 heavy (non-hydrogen) atoms. The minimum absolute atomic E-state index is 0.0365. The molecular weight excluding hydrogens is 324 g/mol. The van der Waals surface area contributed by atoms with Gasteiger partial charge in [-0.1, -0.05) is 48.5 Å². The Balaban J connectivity index is 1.51. The van der Waals surface area contributed by atoms with E-state index in [1.165, 1.54) is 16.8 Å². The van der Waals surface area contributed by atoms with Crippen molar-refractivity contribution in [3.8, 4) is 0 Å². The van der Waals surface area contributed by atoms with E-state index in [0.717, 1.165) is 6.54 Å². The van der Waals surface area contributed by atoms with E-state index in [2.05, 4.69) is 41.3 Å². The van der Waals surface area contributed by atoms with Crippen molar-refractivity contribution in [2.75, 3.05) is 25.0 Å². The van der Waals surface area contributed by atoms with Crippen molar-refractivity contribution in [1.29, 1.82) is 0 Å². The minimum atomic E-state index is 0.0365. The summed E-state index contributed by atoms with van der Waals surface area (Å²) in [6.45, 7) is 2.82. The number of hydrogen-bond donors (Lipinski definition) is 0. The molecule has 1 aliphatic heterocycles. The molecule has 1 amide bonds. The molecule has 0 fully saturated rings. The molecule has 5 nitrogen and oxygen atoms in total. The number of carbonyl (C=O) groups is 1. The second-order valence-corrected chi connectivity index (χ2v) is 6.69. The standard InChI is InChI=1S/C21H22N4O/c1-23-11-12-24(15-18-9-5-6-10-20(18)23)21(26)19-13-22-25(16-19)14-17-7-3-2-4-8-17/h2-10,13,16H,11-12,14-15H2,1H3. The number of aromatic nitrogens is 2. The lowest BCUT2D eigenvalue weighted by Crippen LogP contribution is -2.34. The quantitative estimate of drug-likeness (QED) is 0.732. The van der Waals surface area contributed by atoms with Crippen molar-refractivity contribution in [2.24, 2.45) is 0 Å².